The van der Waals surface area contributed by atoms with Crippen LogP contribution in [0, 0.1) is 11.6 Å². The minimum atomic E-state index is -1.45. The van der Waals surface area contributed by atoms with E-state index >= 15 is 0 Å². The first kappa shape index (κ1) is 18.4. The number of halogens is 2. The molecule has 148 valence electrons. The van der Waals surface area contributed by atoms with Crippen LogP contribution in [-0.2, 0) is 5.60 Å². The molecule has 2 nitrogen and oxygen atoms in total. The smallest absolute Gasteiger partial charge is 0.183 e. The molecule has 0 N–H and O–H groups in total. The summed E-state index contributed by atoms with van der Waals surface area (Å²) >= 11 is 0. The standard InChI is InChI=1S/C26H18F2O2/c1-29-19-12-10-18(11-13-19)26(25-22(27)7-4-8-23(25)28)16-15-21-20-6-3-2-5-17(20)9-14-24(21)30-26/h2-16H,1H3. The first-order valence-electron chi connectivity index (χ1n) is 9.61. The molecule has 4 heteroatoms. The predicted octanol–water partition coefficient (Wildman–Crippen LogP) is 6.48. The normalized spacial score (nSPS) is 17.4. The lowest BCUT2D eigenvalue weighted by atomic mass is 9.82. The molecule has 0 bridgehead atoms. The van der Waals surface area contributed by atoms with Crippen LogP contribution in [0.1, 0.15) is 16.7 Å². The van der Waals surface area contributed by atoms with Gasteiger partial charge in [0.2, 0.25) is 0 Å². The SMILES string of the molecule is COc1ccc(C2(c3c(F)cccc3F)C=Cc3c(ccc4ccccc34)O2)cc1. The number of methoxy groups -OCH3 is 1. The zero-order valence-corrected chi connectivity index (χ0v) is 16.2. The highest BCUT2D eigenvalue weighted by Crippen LogP contribution is 2.45. The van der Waals surface area contributed by atoms with E-state index in [4.69, 9.17) is 9.47 Å². The number of rotatable bonds is 3. The van der Waals surface area contributed by atoms with E-state index in [-0.39, 0.29) is 5.56 Å². The molecule has 30 heavy (non-hydrogen) atoms. The van der Waals surface area contributed by atoms with E-state index in [1.54, 1.807) is 37.5 Å². The van der Waals surface area contributed by atoms with Gasteiger partial charge in [-0.1, -0.05) is 48.5 Å². The van der Waals surface area contributed by atoms with Crippen LogP contribution >= 0.6 is 0 Å². The van der Waals surface area contributed by atoms with Crippen LogP contribution in [0.2, 0.25) is 0 Å². The third-order valence-electron chi connectivity index (χ3n) is 5.54. The van der Waals surface area contributed by atoms with Gasteiger partial charge in [0.1, 0.15) is 23.1 Å². The Morgan fingerprint density at radius 2 is 1.53 bits per heavy atom. The Bertz CT molecular complexity index is 1260. The van der Waals surface area contributed by atoms with Gasteiger partial charge in [-0.3, -0.25) is 0 Å². The maximum absolute atomic E-state index is 15.0. The van der Waals surface area contributed by atoms with Crippen molar-refractivity contribution in [3.05, 3.63) is 113 Å². The second-order valence-electron chi connectivity index (χ2n) is 7.19. The average molecular weight is 400 g/mol. The molecule has 0 aromatic heterocycles. The van der Waals surface area contributed by atoms with Crippen LogP contribution in [0.5, 0.6) is 11.5 Å². The van der Waals surface area contributed by atoms with Crippen molar-refractivity contribution in [1.29, 1.82) is 0 Å². The maximum atomic E-state index is 15.0. The summed E-state index contributed by atoms with van der Waals surface area (Å²) in [4.78, 5) is 0. The Balaban J connectivity index is 1.77. The van der Waals surface area contributed by atoms with Crippen LogP contribution in [-0.4, -0.2) is 7.11 Å². The van der Waals surface area contributed by atoms with Crippen LogP contribution in [0.15, 0.2) is 84.9 Å². The Kier molecular flexibility index (Phi) is 4.28. The van der Waals surface area contributed by atoms with Crippen LogP contribution in [0.25, 0.3) is 16.8 Å². The molecule has 1 heterocycles. The van der Waals surface area contributed by atoms with Gasteiger partial charge >= 0.3 is 0 Å². The topological polar surface area (TPSA) is 18.5 Å². The summed E-state index contributed by atoms with van der Waals surface area (Å²) in [6.45, 7) is 0. The summed E-state index contributed by atoms with van der Waals surface area (Å²) < 4.78 is 41.6. The van der Waals surface area contributed by atoms with Gasteiger partial charge in [0, 0.05) is 11.1 Å². The molecule has 4 aromatic rings. The van der Waals surface area contributed by atoms with Crippen molar-refractivity contribution in [2.45, 2.75) is 5.60 Å². The number of ether oxygens (including phenoxy) is 2. The highest BCUT2D eigenvalue weighted by molar-refractivity contribution is 5.94. The Labute approximate surface area is 173 Å². The third-order valence-corrected chi connectivity index (χ3v) is 5.54. The monoisotopic (exact) mass is 400 g/mol. The van der Waals surface area contributed by atoms with Crippen LogP contribution < -0.4 is 9.47 Å². The molecule has 1 aliphatic heterocycles. The zero-order chi connectivity index (χ0) is 20.7. The lowest BCUT2D eigenvalue weighted by molar-refractivity contribution is 0.151. The molecule has 1 atom stereocenters. The van der Waals surface area contributed by atoms with Crippen molar-refractivity contribution in [3.8, 4) is 11.5 Å². The molecule has 4 aromatic carbocycles. The van der Waals surface area contributed by atoms with Gasteiger partial charge < -0.3 is 9.47 Å². The highest BCUT2D eigenvalue weighted by atomic mass is 19.1. The van der Waals surface area contributed by atoms with Gasteiger partial charge in [-0.05, 0) is 53.3 Å². The van der Waals surface area contributed by atoms with Gasteiger partial charge in [0.25, 0.3) is 0 Å². The Morgan fingerprint density at radius 1 is 0.800 bits per heavy atom. The van der Waals surface area contributed by atoms with Gasteiger partial charge in [0.15, 0.2) is 5.60 Å². The van der Waals surface area contributed by atoms with Crippen molar-refractivity contribution in [1.82, 2.24) is 0 Å². The van der Waals surface area contributed by atoms with Crippen molar-refractivity contribution in [2.75, 3.05) is 7.11 Å². The van der Waals surface area contributed by atoms with E-state index in [0.29, 0.717) is 17.1 Å². The lowest BCUT2D eigenvalue weighted by Crippen LogP contribution is -2.36. The minimum Gasteiger partial charge on any atom is -0.497 e. The second-order valence-corrected chi connectivity index (χ2v) is 7.19. The largest absolute Gasteiger partial charge is 0.497 e. The highest BCUT2D eigenvalue weighted by Gasteiger charge is 2.41. The molecule has 0 spiro atoms. The van der Waals surface area contributed by atoms with Crippen molar-refractivity contribution < 1.29 is 18.3 Å². The van der Waals surface area contributed by atoms with E-state index in [1.807, 2.05) is 42.5 Å². The maximum Gasteiger partial charge on any atom is 0.183 e. The zero-order valence-electron chi connectivity index (χ0n) is 16.2. The molecule has 0 radical (unpaired) electrons. The molecule has 0 saturated carbocycles. The van der Waals surface area contributed by atoms with Gasteiger partial charge in [0.05, 0.1) is 12.7 Å². The molecule has 0 fully saturated rings. The van der Waals surface area contributed by atoms with Crippen molar-refractivity contribution in [2.24, 2.45) is 0 Å². The van der Waals surface area contributed by atoms with E-state index in [1.165, 1.54) is 18.2 Å². The molecule has 0 aliphatic carbocycles. The van der Waals surface area contributed by atoms with E-state index in [2.05, 4.69) is 0 Å². The average Bonchev–Trinajstić information content (AvgIpc) is 2.78. The molecule has 5 rings (SSSR count). The predicted molar refractivity (Wildman–Crippen MR) is 114 cm³/mol. The Hall–Kier alpha value is -3.66. The third kappa shape index (κ3) is 2.76. The lowest BCUT2D eigenvalue weighted by Gasteiger charge is -2.36. The van der Waals surface area contributed by atoms with E-state index in [0.717, 1.165) is 16.3 Å². The second kappa shape index (κ2) is 6.99. The molecule has 1 unspecified atom stereocenters. The van der Waals surface area contributed by atoms with E-state index < -0.39 is 17.2 Å². The van der Waals surface area contributed by atoms with Gasteiger partial charge in [-0.2, -0.15) is 0 Å². The Morgan fingerprint density at radius 3 is 2.27 bits per heavy atom. The summed E-state index contributed by atoms with van der Waals surface area (Å²) in [5, 5.41) is 2.09. The molecule has 0 saturated heterocycles. The number of hydrogen-bond acceptors (Lipinski definition) is 2. The quantitative estimate of drug-likeness (QED) is 0.392. The molecule has 0 amide bonds. The fourth-order valence-corrected chi connectivity index (χ4v) is 4.07. The number of fused-ring (bicyclic) bond motifs is 3. The van der Waals surface area contributed by atoms with Crippen molar-refractivity contribution >= 4 is 16.8 Å². The van der Waals surface area contributed by atoms with Crippen molar-refractivity contribution in [3.63, 3.8) is 0 Å². The summed E-state index contributed by atoms with van der Waals surface area (Å²) in [6, 6.07) is 22.6. The van der Waals surface area contributed by atoms with Gasteiger partial charge in [-0.15, -0.1) is 0 Å². The summed E-state index contributed by atoms with van der Waals surface area (Å²) in [6.07, 6.45) is 3.61. The first-order valence-corrected chi connectivity index (χ1v) is 9.61. The summed E-state index contributed by atoms with van der Waals surface area (Å²) in [5.41, 5.74) is -0.112. The van der Waals surface area contributed by atoms with Crippen LogP contribution in [0.4, 0.5) is 8.78 Å². The molecule has 1 aliphatic rings. The van der Waals surface area contributed by atoms with E-state index in [9.17, 15) is 8.78 Å². The molecular weight excluding hydrogens is 382 g/mol. The van der Waals surface area contributed by atoms with Gasteiger partial charge in [-0.25, -0.2) is 8.78 Å². The fourth-order valence-electron chi connectivity index (χ4n) is 4.07. The summed E-state index contributed by atoms with van der Waals surface area (Å²) in [5.74, 6) is -0.122. The number of benzene rings is 4. The number of hydrogen-bond donors (Lipinski definition) is 0. The first-order chi connectivity index (χ1) is 14.6. The molecular formula is C26H18F2O2. The van der Waals surface area contributed by atoms with Crippen LogP contribution in [0.3, 0.4) is 0 Å². The fraction of sp³-hybridized carbons (Fsp3) is 0.0769. The summed E-state index contributed by atoms with van der Waals surface area (Å²) in [7, 11) is 1.57. The minimum absolute atomic E-state index is 0.148.